The number of rotatable bonds is 4. The summed E-state index contributed by atoms with van der Waals surface area (Å²) < 4.78 is 5.33. The van der Waals surface area contributed by atoms with E-state index in [1.165, 1.54) is 0 Å². The van der Waals surface area contributed by atoms with Crippen molar-refractivity contribution in [3.8, 4) is 0 Å². The Kier molecular flexibility index (Phi) is 5.44. The fourth-order valence-corrected chi connectivity index (χ4v) is 7.27. The molecule has 4 aliphatic rings. The van der Waals surface area contributed by atoms with E-state index >= 15 is 0 Å². The molecule has 3 aromatic rings. The van der Waals surface area contributed by atoms with Gasteiger partial charge in [0.15, 0.2) is 0 Å². The molecule has 1 saturated heterocycles. The van der Waals surface area contributed by atoms with Crippen molar-refractivity contribution in [3.05, 3.63) is 105 Å². The Morgan fingerprint density at radius 3 is 1.69 bits per heavy atom. The van der Waals surface area contributed by atoms with Gasteiger partial charge >= 0.3 is 5.97 Å². The average Bonchev–Trinajstić information content (AvgIpc) is 3.14. The molecule has 0 N–H and O–H groups in total. The predicted octanol–water partition coefficient (Wildman–Crippen LogP) is 5.63. The molecule has 182 valence electrons. The first-order valence-corrected chi connectivity index (χ1v) is 12.7. The molecule has 0 radical (unpaired) electrons. The number of hydrogen-bond acceptors (Lipinski definition) is 4. The van der Waals surface area contributed by atoms with Crippen LogP contribution in [0.4, 0.5) is 0 Å². The second-order valence-electron chi connectivity index (χ2n) is 9.14. The van der Waals surface area contributed by atoms with Crippen LogP contribution in [0.15, 0.2) is 66.7 Å². The van der Waals surface area contributed by atoms with Crippen LogP contribution in [0.5, 0.6) is 0 Å². The van der Waals surface area contributed by atoms with E-state index in [0.29, 0.717) is 37.9 Å². The van der Waals surface area contributed by atoms with Crippen LogP contribution in [-0.2, 0) is 35.5 Å². The molecule has 9 heteroatoms. The fourth-order valence-electron chi connectivity index (χ4n) is 5.85. The summed E-state index contributed by atoms with van der Waals surface area (Å²) in [6, 6.07) is 19.6. The predicted molar refractivity (Wildman–Crippen MR) is 136 cm³/mol. The maximum Gasteiger partial charge on any atom is 0.326 e. The molecule has 0 saturated carbocycles. The number of nitrogens with zero attached hydrogens (tertiary/aromatic N) is 1. The van der Waals surface area contributed by atoms with Gasteiger partial charge in [0, 0.05) is 0 Å². The Morgan fingerprint density at radius 1 is 0.778 bits per heavy atom. The molecular weight excluding hydrogens is 544 g/mol. The monoisotopic (exact) mass is 559 g/mol. The van der Waals surface area contributed by atoms with Gasteiger partial charge in [-0.1, -0.05) is 77.8 Å². The highest BCUT2D eigenvalue weighted by Crippen LogP contribution is 2.69. The molecule has 1 aliphatic heterocycles. The molecule has 2 bridgehead atoms. The maximum atomic E-state index is 13.7. The van der Waals surface area contributed by atoms with Crippen LogP contribution in [0.3, 0.4) is 0 Å². The summed E-state index contributed by atoms with van der Waals surface area (Å²) in [5, 5.41) is 0.706. The molecule has 7 rings (SSSR count). The SMILES string of the molecule is O=C(CN1C(=O)[C@@H]2[C@@H](C1=O)C1(Cl)c3ccccc3C2(Cl)c2ccccc21)OCc1ccc(Cl)c(Cl)c1. The van der Waals surface area contributed by atoms with Crippen LogP contribution in [0, 0.1) is 11.8 Å². The first kappa shape index (κ1) is 23.8. The zero-order valence-corrected chi connectivity index (χ0v) is 21.5. The van der Waals surface area contributed by atoms with Gasteiger partial charge < -0.3 is 4.74 Å². The third kappa shape index (κ3) is 3.07. The summed E-state index contributed by atoms with van der Waals surface area (Å²) in [5.74, 6) is -3.74. The standard InChI is InChI=1S/C27H17Cl4NO4/c28-19-10-9-14(11-20(19)29)13-36-21(33)12-32-24(34)22-23(25(32)35)27(31)16-6-2-1-5-15(16)26(22,30)17-7-3-4-8-18(17)27/h1-11,22-23H,12-13H2/t22-,23-,26?,27?/m0/s1. The van der Waals surface area contributed by atoms with Crippen molar-refractivity contribution in [1.82, 2.24) is 4.90 Å². The van der Waals surface area contributed by atoms with E-state index in [-0.39, 0.29) is 6.61 Å². The van der Waals surface area contributed by atoms with E-state index in [4.69, 9.17) is 51.1 Å². The van der Waals surface area contributed by atoms with Crippen LogP contribution in [0.1, 0.15) is 27.8 Å². The maximum absolute atomic E-state index is 13.7. The van der Waals surface area contributed by atoms with Gasteiger partial charge in [-0.25, -0.2) is 0 Å². The molecule has 36 heavy (non-hydrogen) atoms. The van der Waals surface area contributed by atoms with E-state index < -0.39 is 45.9 Å². The van der Waals surface area contributed by atoms with Crippen molar-refractivity contribution in [3.63, 3.8) is 0 Å². The number of likely N-dealkylation sites (tertiary alicyclic amines) is 1. The third-order valence-electron chi connectivity index (χ3n) is 7.35. The van der Waals surface area contributed by atoms with E-state index in [9.17, 15) is 14.4 Å². The molecule has 3 aromatic carbocycles. The van der Waals surface area contributed by atoms with Gasteiger partial charge in [0.1, 0.15) is 22.9 Å². The van der Waals surface area contributed by atoms with E-state index in [2.05, 4.69) is 0 Å². The molecule has 3 aliphatic carbocycles. The first-order chi connectivity index (χ1) is 17.2. The van der Waals surface area contributed by atoms with Crippen molar-refractivity contribution < 1.29 is 19.1 Å². The number of alkyl halides is 2. The van der Waals surface area contributed by atoms with Gasteiger partial charge in [-0.15, -0.1) is 23.2 Å². The average molecular weight is 561 g/mol. The van der Waals surface area contributed by atoms with E-state index in [0.717, 1.165) is 4.90 Å². The summed E-state index contributed by atoms with van der Waals surface area (Å²) >= 11 is 26.6. The summed E-state index contributed by atoms with van der Waals surface area (Å²) in [4.78, 5) is 38.5. The molecular formula is C27H17Cl4NO4. The lowest BCUT2D eigenvalue weighted by Crippen LogP contribution is -2.57. The summed E-state index contributed by atoms with van der Waals surface area (Å²) in [5.41, 5.74) is 3.42. The summed E-state index contributed by atoms with van der Waals surface area (Å²) in [6.45, 7) is -0.632. The number of imide groups is 1. The number of carbonyl (C=O) groups excluding carboxylic acids is 3. The topological polar surface area (TPSA) is 63.7 Å². The van der Waals surface area contributed by atoms with Gasteiger partial charge in [-0.05, 0) is 39.9 Å². The molecule has 5 nitrogen and oxygen atoms in total. The summed E-state index contributed by atoms with van der Waals surface area (Å²) in [7, 11) is 0. The number of amides is 2. The van der Waals surface area contributed by atoms with Gasteiger partial charge in [0.2, 0.25) is 11.8 Å². The van der Waals surface area contributed by atoms with Crippen molar-refractivity contribution in [2.24, 2.45) is 11.8 Å². The smallest absolute Gasteiger partial charge is 0.326 e. The van der Waals surface area contributed by atoms with E-state index in [1.807, 2.05) is 48.5 Å². The Labute approximate surface area is 226 Å². The van der Waals surface area contributed by atoms with Gasteiger partial charge in [0.05, 0.1) is 21.9 Å². The Hall–Kier alpha value is -2.57. The van der Waals surface area contributed by atoms with Crippen molar-refractivity contribution in [1.29, 1.82) is 0 Å². The highest BCUT2D eigenvalue weighted by atomic mass is 35.5. The van der Waals surface area contributed by atoms with Crippen molar-refractivity contribution >= 4 is 64.2 Å². The third-order valence-corrected chi connectivity index (χ3v) is 9.37. The highest BCUT2D eigenvalue weighted by Gasteiger charge is 2.73. The molecule has 0 unspecified atom stereocenters. The largest absolute Gasteiger partial charge is 0.459 e. The number of hydrogen-bond donors (Lipinski definition) is 0. The molecule has 1 fully saturated rings. The van der Waals surface area contributed by atoms with Crippen molar-refractivity contribution in [2.75, 3.05) is 6.54 Å². The quantitative estimate of drug-likeness (QED) is 0.236. The molecule has 0 spiro atoms. The minimum absolute atomic E-state index is 0.0887. The van der Waals surface area contributed by atoms with Gasteiger partial charge in [-0.3, -0.25) is 19.3 Å². The molecule has 2 atom stereocenters. The first-order valence-electron chi connectivity index (χ1n) is 11.2. The van der Waals surface area contributed by atoms with Crippen LogP contribution in [0.2, 0.25) is 10.0 Å². The summed E-state index contributed by atoms with van der Waals surface area (Å²) in [6.07, 6.45) is 0. The van der Waals surface area contributed by atoms with Crippen LogP contribution < -0.4 is 0 Å². The zero-order chi connectivity index (χ0) is 25.4. The Bertz CT molecular complexity index is 1350. The number of ether oxygens (including phenoxy) is 1. The molecule has 1 heterocycles. The van der Waals surface area contributed by atoms with Crippen LogP contribution in [0.25, 0.3) is 0 Å². The van der Waals surface area contributed by atoms with Crippen molar-refractivity contribution in [2.45, 2.75) is 16.4 Å². The second-order valence-corrected chi connectivity index (χ2v) is 11.1. The minimum Gasteiger partial charge on any atom is -0.459 e. The minimum atomic E-state index is -1.29. The van der Waals surface area contributed by atoms with Gasteiger partial charge in [0.25, 0.3) is 0 Å². The zero-order valence-electron chi connectivity index (χ0n) is 18.5. The lowest BCUT2D eigenvalue weighted by atomic mass is 9.54. The number of carbonyl (C=O) groups is 3. The van der Waals surface area contributed by atoms with Crippen LogP contribution >= 0.6 is 46.4 Å². The molecule has 0 aromatic heterocycles. The molecule has 2 amide bonds. The lowest BCUT2D eigenvalue weighted by Gasteiger charge is -2.54. The number of halogens is 4. The van der Waals surface area contributed by atoms with Crippen LogP contribution in [-0.4, -0.2) is 29.2 Å². The number of benzene rings is 3. The van der Waals surface area contributed by atoms with Gasteiger partial charge in [-0.2, -0.15) is 0 Å². The second kappa shape index (κ2) is 8.22. The normalized spacial score (nSPS) is 27.5. The lowest BCUT2D eigenvalue weighted by molar-refractivity contribution is -0.153. The number of esters is 1. The van der Waals surface area contributed by atoms with E-state index in [1.54, 1.807) is 18.2 Å². The highest BCUT2D eigenvalue weighted by molar-refractivity contribution is 6.42. The fraction of sp³-hybridized carbons (Fsp3) is 0.222. The Balaban J connectivity index is 1.34. The Morgan fingerprint density at radius 2 is 1.25 bits per heavy atom.